The summed E-state index contributed by atoms with van der Waals surface area (Å²) in [4.78, 5) is 0. The Morgan fingerprint density at radius 2 is 1.84 bits per heavy atom. The van der Waals surface area contributed by atoms with Crippen LogP contribution in [0, 0.1) is 17.8 Å². The zero-order valence-corrected chi connectivity index (χ0v) is 12.5. The number of ether oxygens (including phenoxy) is 1. The first-order valence-electron chi connectivity index (χ1n) is 7.34. The molecule has 1 saturated carbocycles. The van der Waals surface area contributed by atoms with E-state index in [2.05, 4.69) is 20.8 Å². The molecule has 0 aromatic heterocycles. The van der Waals surface area contributed by atoms with Crippen LogP contribution >= 0.6 is 0 Å². The standard InChI is InChI=1S/C17H26O2/c1-12(2)16-10-5-13(3)11-17(16,18)14-6-8-15(19-4)9-7-14/h6-9,12-13,16,18H,5,10-11H2,1-4H3. The molecule has 0 heterocycles. The van der Waals surface area contributed by atoms with Crippen molar-refractivity contribution in [3.05, 3.63) is 29.8 Å². The van der Waals surface area contributed by atoms with Crippen molar-refractivity contribution in [2.24, 2.45) is 17.8 Å². The van der Waals surface area contributed by atoms with Crippen LogP contribution in [-0.4, -0.2) is 12.2 Å². The van der Waals surface area contributed by atoms with Gasteiger partial charge in [0.05, 0.1) is 12.7 Å². The van der Waals surface area contributed by atoms with E-state index >= 15 is 0 Å². The lowest BCUT2D eigenvalue weighted by Crippen LogP contribution is -2.43. The minimum Gasteiger partial charge on any atom is -0.497 e. The van der Waals surface area contributed by atoms with Gasteiger partial charge in [-0.2, -0.15) is 0 Å². The van der Waals surface area contributed by atoms with Gasteiger partial charge in [0.2, 0.25) is 0 Å². The summed E-state index contributed by atoms with van der Waals surface area (Å²) in [5.41, 5.74) is 0.358. The highest BCUT2D eigenvalue weighted by Gasteiger charge is 2.43. The Hall–Kier alpha value is -1.02. The van der Waals surface area contributed by atoms with Gasteiger partial charge in [0, 0.05) is 0 Å². The summed E-state index contributed by atoms with van der Waals surface area (Å²) >= 11 is 0. The first kappa shape index (κ1) is 14.4. The van der Waals surface area contributed by atoms with Crippen LogP contribution in [0.15, 0.2) is 24.3 Å². The van der Waals surface area contributed by atoms with E-state index in [0.29, 0.717) is 17.8 Å². The lowest BCUT2D eigenvalue weighted by atomic mass is 9.64. The number of aliphatic hydroxyl groups is 1. The molecule has 0 amide bonds. The molecular formula is C17H26O2. The molecule has 0 aliphatic heterocycles. The Bertz CT molecular complexity index is 410. The fourth-order valence-electron chi connectivity index (χ4n) is 3.58. The van der Waals surface area contributed by atoms with E-state index in [9.17, 15) is 5.11 Å². The minimum atomic E-state index is -0.682. The van der Waals surface area contributed by atoms with E-state index in [1.165, 1.54) is 6.42 Å². The van der Waals surface area contributed by atoms with Crippen LogP contribution in [0.2, 0.25) is 0 Å². The normalized spacial score (nSPS) is 31.5. The van der Waals surface area contributed by atoms with Gasteiger partial charge in [-0.3, -0.25) is 0 Å². The maximum absolute atomic E-state index is 11.3. The summed E-state index contributed by atoms with van der Waals surface area (Å²) in [6.45, 7) is 6.68. The van der Waals surface area contributed by atoms with Gasteiger partial charge in [0.1, 0.15) is 5.75 Å². The molecule has 3 atom stereocenters. The number of rotatable bonds is 3. The van der Waals surface area contributed by atoms with Gasteiger partial charge in [-0.15, -0.1) is 0 Å². The van der Waals surface area contributed by atoms with Crippen LogP contribution in [0.5, 0.6) is 5.75 Å². The number of hydrogen-bond acceptors (Lipinski definition) is 2. The van der Waals surface area contributed by atoms with E-state index in [-0.39, 0.29) is 0 Å². The molecule has 2 nitrogen and oxygen atoms in total. The quantitative estimate of drug-likeness (QED) is 0.893. The Labute approximate surface area is 116 Å². The van der Waals surface area contributed by atoms with E-state index in [1.807, 2.05) is 24.3 Å². The van der Waals surface area contributed by atoms with Gasteiger partial charge in [-0.05, 0) is 48.3 Å². The fraction of sp³-hybridized carbons (Fsp3) is 0.647. The maximum atomic E-state index is 11.3. The molecule has 2 rings (SSSR count). The summed E-state index contributed by atoms with van der Waals surface area (Å²) in [5.74, 6) is 2.27. The fourth-order valence-corrected chi connectivity index (χ4v) is 3.58. The number of hydrogen-bond donors (Lipinski definition) is 1. The van der Waals surface area contributed by atoms with E-state index < -0.39 is 5.60 Å². The zero-order valence-electron chi connectivity index (χ0n) is 12.5. The highest BCUT2D eigenvalue weighted by atomic mass is 16.5. The molecule has 1 fully saturated rings. The molecule has 1 aromatic carbocycles. The monoisotopic (exact) mass is 262 g/mol. The van der Waals surface area contributed by atoms with Crippen molar-refractivity contribution >= 4 is 0 Å². The first-order chi connectivity index (χ1) is 8.97. The molecule has 1 aromatic rings. The first-order valence-corrected chi connectivity index (χ1v) is 7.34. The lowest BCUT2D eigenvalue weighted by molar-refractivity contribution is -0.0865. The molecule has 0 spiro atoms. The second-order valence-corrected chi connectivity index (χ2v) is 6.39. The third-order valence-electron chi connectivity index (χ3n) is 4.64. The van der Waals surface area contributed by atoms with Gasteiger partial charge in [0.25, 0.3) is 0 Å². The molecule has 19 heavy (non-hydrogen) atoms. The van der Waals surface area contributed by atoms with Crippen molar-refractivity contribution in [3.63, 3.8) is 0 Å². The molecule has 1 aliphatic rings. The minimum absolute atomic E-state index is 0.345. The topological polar surface area (TPSA) is 29.5 Å². The van der Waals surface area contributed by atoms with E-state index in [0.717, 1.165) is 24.2 Å². The second-order valence-electron chi connectivity index (χ2n) is 6.39. The van der Waals surface area contributed by atoms with E-state index in [4.69, 9.17) is 4.74 Å². The van der Waals surface area contributed by atoms with Crippen LogP contribution in [0.4, 0.5) is 0 Å². The van der Waals surface area contributed by atoms with E-state index in [1.54, 1.807) is 7.11 Å². The Kier molecular flexibility index (Phi) is 4.19. The van der Waals surface area contributed by atoms with Crippen molar-refractivity contribution in [1.82, 2.24) is 0 Å². The summed E-state index contributed by atoms with van der Waals surface area (Å²) in [5, 5.41) is 11.3. The van der Waals surface area contributed by atoms with Crippen LogP contribution in [0.25, 0.3) is 0 Å². The summed E-state index contributed by atoms with van der Waals surface area (Å²) < 4.78 is 5.20. The molecule has 1 aliphatic carbocycles. The molecule has 1 N–H and O–H groups in total. The van der Waals surface area contributed by atoms with Crippen molar-refractivity contribution < 1.29 is 9.84 Å². The average Bonchev–Trinajstić information content (AvgIpc) is 2.38. The average molecular weight is 262 g/mol. The molecule has 0 saturated heterocycles. The molecular weight excluding hydrogens is 236 g/mol. The number of benzene rings is 1. The third-order valence-corrected chi connectivity index (χ3v) is 4.64. The highest BCUT2D eigenvalue weighted by Crippen LogP contribution is 2.47. The Balaban J connectivity index is 2.34. The smallest absolute Gasteiger partial charge is 0.118 e. The van der Waals surface area contributed by atoms with Gasteiger partial charge in [0.15, 0.2) is 0 Å². The van der Waals surface area contributed by atoms with Crippen molar-refractivity contribution in [3.8, 4) is 5.75 Å². The number of methoxy groups -OCH3 is 1. The predicted molar refractivity (Wildman–Crippen MR) is 78.2 cm³/mol. The van der Waals surface area contributed by atoms with Gasteiger partial charge in [-0.1, -0.05) is 39.3 Å². The largest absolute Gasteiger partial charge is 0.497 e. The van der Waals surface area contributed by atoms with Crippen molar-refractivity contribution in [2.75, 3.05) is 7.11 Å². The van der Waals surface area contributed by atoms with Gasteiger partial charge < -0.3 is 9.84 Å². The van der Waals surface area contributed by atoms with Crippen molar-refractivity contribution in [2.45, 2.75) is 45.6 Å². The third kappa shape index (κ3) is 2.79. The Morgan fingerprint density at radius 3 is 2.37 bits per heavy atom. The lowest BCUT2D eigenvalue weighted by Gasteiger charge is -2.45. The van der Waals surface area contributed by atoms with Crippen LogP contribution < -0.4 is 4.74 Å². The highest BCUT2D eigenvalue weighted by molar-refractivity contribution is 5.32. The molecule has 106 valence electrons. The second kappa shape index (κ2) is 5.54. The van der Waals surface area contributed by atoms with Crippen molar-refractivity contribution in [1.29, 1.82) is 0 Å². The summed E-state index contributed by atoms with van der Waals surface area (Å²) in [6, 6.07) is 7.94. The Morgan fingerprint density at radius 1 is 1.21 bits per heavy atom. The van der Waals surface area contributed by atoms with Crippen LogP contribution in [0.1, 0.15) is 45.6 Å². The maximum Gasteiger partial charge on any atom is 0.118 e. The van der Waals surface area contributed by atoms with Crippen LogP contribution in [0.3, 0.4) is 0 Å². The van der Waals surface area contributed by atoms with Crippen LogP contribution in [-0.2, 0) is 5.60 Å². The zero-order chi connectivity index (χ0) is 14.0. The summed E-state index contributed by atoms with van der Waals surface area (Å²) in [6.07, 6.45) is 3.20. The molecule has 3 unspecified atom stereocenters. The summed E-state index contributed by atoms with van der Waals surface area (Å²) in [7, 11) is 1.67. The van der Waals surface area contributed by atoms with Gasteiger partial charge in [-0.25, -0.2) is 0 Å². The molecule has 0 bridgehead atoms. The molecule has 0 radical (unpaired) electrons. The predicted octanol–water partition coefficient (Wildman–Crippen LogP) is 3.98. The van der Waals surface area contributed by atoms with Gasteiger partial charge >= 0.3 is 0 Å². The molecule has 2 heteroatoms. The SMILES string of the molecule is COc1ccc(C2(O)CC(C)CCC2C(C)C)cc1.